The maximum atomic E-state index is 3.66. The van der Waals surface area contributed by atoms with Crippen LogP contribution >= 0.6 is 11.3 Å². The Balaban J connectivity index is 1.58. The van der Waals surface area contributed by atoms with Crippen LogP contribution in [0.15, 0.2) is 41.8 Å². The molecule has 1 unspecified atom stereocenters. The Bertz CT molecular complexity index is 536. The van der Waals surface area contributed by atoms with Gasteiger partial charge in [0.15, 0.2) is 0 Å². The van der Waals surface area contributed by atoms with Crippen LogP contribution in [0.2, 0.25) is 0 Å². The molecule has 0 aliphatic carbocycles. The maximum absolute atomic E-state index is 3.66. The molecule has 1 N–H and O–H groups in total. The minimum absolute atomic E-state index is 0.480. The molecule has 0 saturated heterocycles. The Kier molecular flexibility index (Phi) is 4.51. The fourth-order valence-electron chi connectivity index (χ4n) is 2.91. The van der Waals surface area contributed by atoms with Crippen LogP contribution in [-0.2, 0) is 12.8 Å². The third-order valence-electron chi connectivity index (χ3n) is 4.03. The summed E-state index contributed by atoms with van der Waals surface area (Å²) in [5.41, 5.74) is 3.00. The zero-order valence-electron chi connectivity index (χ0n) is 12.0. The van der Waals surface area contributed by atoms with Crippen LogP contribution in [0.1, 0.15) is 22.0 Å². The summed E-state index contributed by atoms with van der Waals surface area (Å²) in [4.78, 5) is 3.92. The van der Waals surface area contributed by atoms with Crippen LogP contribution in [-0.4, -0.2) is 31.6 Å². The monoisotopic (exact) mass is 286 g/mol. The molecular weight excluding hydrogens is 264 g/mol. The quantitative estimate of drug-likeness (QED) is 0.908. The SMILES string of the molecule is CN(CCc1cccs1)CC1NCCc2ccccc21. The van der Waals surface area contributed by atoms with Crippen LogP contribution < -0.4 is 5.32 Å². The standard InChI is InChI=1S/C17H22N2S/c1-19(11-9-15-6-4-12-20-15)13-17-16-7-3-2-5-14(16)8-10-18-17/h2-7,12,17-18H,8-11,13H2,1H3. The first kappa shape index (κ1) is 13.8. The van der Waals surface area contributed by atoms with Gasteiger partial charge in [0.25, 0.3) is 0 Å². The van der Waals surface area contributed by atoms with E-state index < -0.39 is 0 Å². The van der Waals surface area contributed by atoms with Gasteiger partial charge in [-0.25, -0.2) is 0 Å². The molecule has 1 aromatic carbocycles. The molecule has 0 spiro atoms. The molecule has 0 bridgehead atoms. The Morgan fingerprint density at radius 2 is 2.15 bits per heavy atom. The number of likely N-dealkylation sites (N-methyl/N-ethyl adjacent to an activating group) is 1. The van der Waals surface area contributed by atoms with E-state index in [0.29, 0.717) is 6.04 Å². The number of thiophene rings is 1. The number of benzene rings is 1. The molecule has 1 aliphatic rings. The van der Waals surface area contributed by atoms with Gasteiger partial charge in [-0.3, -0.25) is 0 Å². The summed E-state index contributed by atoms with van der Waals surface area (Å²) in [6.45, 7) is 3.31. The lowest BCUT2D eigenvalue weighted by Gasteiger charge is -2.30. The zero-order valence-corrected chi connectivity index (χ0v) is 12.8. The van der Waals surface area contributed by atoms with Gasteiger partial charge in [-0.15, -0.1) is 11.3 Å². The van der Waals surface area contributed by atoms with Gasteiger partial charge in [0, 0.05) is 24.0 Å². The smallest absolute Gasteiger partial charge is 0.0452 e. The van der Waals surface area contributed by atoms with E-state index in [1.165, 1.54) is 16.0 Å². The van der Waals surface area contributed by atoms with Gasteiger partial charge in [0.05, 0.1) is 0 Å². The van der Waals surface area contributed by atoms with Crippen molar-refractivity contribution in [2.45, 2.75) is 18.9 Å². The Labute approximate surface area is 125 Å². The number of hydrogen-bond acceptors (Lipinski definition) is 3. The van der Waals surface area contributed by atoms with E-state index in [1.54, 1.807) is 0 Å². The van der Waals surface area contributed by atoms with Gasteiger partial charge in [-0.05, 0) is 49.0 Å². The number of nitrogens with one attached hydrogen (secondary N) is 1. The third kappa shape index (κ3) is 3.29. The highest BCUT2D eigenvalue weighted by molar-refractivity contribution is 7.09. The minimum Gasteiger partial charge on any atom is -0.309 e. The normalized spacial score (nSPS) is 18.2. The minimum atomic E-state index is 0.480. The van der Waals surface area contributed by atoms with Crippen molar-refractivity contribution in [3.8, 4) is 0 Å². The van der Waals surface area contributed by atoms with Crippen LogP contribution in [0, 0.1) is 0 Å². The molecule has 3 heteroatoms. The van der Waals surface area contributed by atoms with Crippen LogP contribution in [0.3, 0.4) is 0 Å². The second-order valence-electron chi connectivity index (χ2n) is 5.55. The predicted molar refractivity (Wildman–Crippen MR) is 86.4 cm³/mol. The summed E-state index contributed by atoms with van der Waals surface area (Å²) in [5, 5.41) is 5.82. The maximum Gasteiger partial charge on any atom is 0.0452 e. The van der Waals surface area contributed by atoms with Crippen LogP contribution in [0.25, 0.3) is 0 Å². The summed E-state index contributed by atoms with van der Waals surface area (Å²) < 4.78 is 0. The predicted octanol–water partition coefficient (Wildman–Crippen LogP) is 3.11. The summed E-state index contributed by atoms with van der Waals surface area (Å²) in [5.74, 6) is 0. The van der Waals surface area contributed by atoms with E-state index in [9.17, 15) is 0 Å². The molecule has 1 aromatic heterocycles. The summed E-state index contributed by atoms with van der Waals surface area (Å²) in [7, 11) is 2.23. The van der Waals surface area contributed by atoms with E-state index in [1.807, 2.05) is 11.3 Å². The summed E-state index contributed by atoms with van der Waals surface area (Å²) in [6.07, 6.45) is 2.31. The van der Waals surface area contributed by atoms with Crippen LogP contribution in [0.4, 0.5) is 0 Å². The molecule has 1 aliphatic heterocycles. The Hall–Kier alpha value is -1.16. The molecular formula is C17H22N2S. The van der Waals surface area contributed by atoms with E-state index >= 15 is 0 Å². The highest BCUT2D eigenvalue weighted by atomic mass is 32.1. The second kappa shape index (κ2) is 6.53. The topological polar surface area (TPSA) is 15.3 Å². The number of nitrogens with zero attached hydrogens (tertiary/aromatic N) is 1. The lowest BCUT2D eigenvalue weighted by Crippen LogP contribution is -2.38. The molecule has 106 valence electrons. The van der Waals surface area contributed by atoms with E-state index in [0.717, 1.165) is 32.5 Å². The summed E-state index contributed by atoms with van der Waals surface area (Å²) >= 11 is 1.86. The summed E-state index contributed by atoms with van der Waals surface area (Å²) in [6, 6.07) is 13.7. The van der Waals surface area contributed by atoms with Gasteiger partial charge >= 0.3 is 0 Å². The average molecular weight is 286 g/mol. The fraction of sp³-hybridized carbons (Fsp3) is 0.412. The largest absolute Gasteiger partial charge is 0.309 e. The average Bonchev–Trinajstić information content (AvgIpc) is 2.99. The van der Waals surface area contributed by atoms with Crippen molar-refractivity contribution in [1.29, 1.82) is 0 Å². The number of rotatable bonds is 5. The first-order valence-electron chi connectivity index (χ1n) is 7.35. The van der Waals surface area contributed by atoms with E-state index in [-0.39, 0.29) is 0 Å². The van der Waals surface area contributed by atoms with Crippen molar-refractivity contribution in [2.75, 3.05) is 26.7 Å². The van der Waals surface area contributed by atoms with Gasteiger partial charge in [-0.2, -0.15) is 0 Å². The molecule has 0 fully saturated rings. The van der Waals surface area contributed by atoms with Crippen molar-refractivity contribution < 1.29 is 0 Å². The number of fused-ring (bicyclic) bond motifs is 1. The lowest BCUT2D eigenvalue weighted by molar-refractivity contribution is 0.289. The van der Waals surface area contributed by atoms with Crippen molar-refractivity contribution in [2.24, 2.45) is 0 Å². The third-order valence-corrected chi connectivity index (χ3v) is 4.97. The Morgan fingerprint density at radius 3 is 3.00 bits per heavy atom. The lowest BCUT2D eigenvalue weighted by atomic mass is 9.94. The van der Waals surface area contributed by atoms with Gasteiger partial charge in [-0.1, -0.05) is 30.3 Å². The first-order valence-corrected chi connectivity index (χ1v) is 8.23. The molecule has 2 heterocycles. The second-order valence-corrected chi connectivity index (χ2v) is 6.58. The molecule has 2 nitrogen and oxygen atoms in total. The number of hydrogen-bond donors (Lipinski definition) is 1. The van der Waals surface area contributed by atoms with Gasteiger partial charge in [0.2, 0.25) is 0 Å². The van der Waals surface area contributed by atoms with Crippen LogP contribution in [0.5, 0.6) is 0 Å². The van der Waals surface area contributed by atoms with Gasteiger partial charge < -0.3 is 10.2 Å². The van der Waals surface area contributed by atoms with Crippen molar-refractivity contribution >= 4 is 11.3 Å². The molecule has 2 aromatic rings. The first-order chi connectivity index (χ1) is 9.83. The van der Waals surface area contributed by atoms with Crippen molar-refractivity contribution in [1.82, 2.24) is 10.2 Å². The van der Waals surface area contributed by atoms with Crippen molar-refractivity contribution in [3.63, 3.8) is 0 Å². The van der Waals surface area contributed by atoms with Gasteiger partial charge in [0.1, 0.15) is 0 Å². The molecule has 0 saturated carbocycles. The zero-order chi connectivity index (χ0) is 13.8. The van der Waals surface area contributed by atoms with Crippen molar-refractivity contribution in [3.05, 3.63) is 57.8 Å². The van der Waals surface area contributed by atoms with E-state index in [4.69, 9.17) is 0 Å². The molecule has 20 heavy (non-hydrogen) atoms. The highest BCUT2D eigenvalue weighted by Crippen LogP contribution is 2.23. The molecule has 3 rings (SSSR count). The highest BCUT2D eigenvalue weighted by Gasteiger charge is 2.20. The fourth-order valence-corrected chi connectivity index (χ4v) is 3.61. The molecule has 0 amide bonds. The Morgan fingerprint density at radius 1 is 1.25 bits per heavy atom. The molecule has 0 radical (unpaired) electrons. The molecule has 1 atom stereocenters. The van der Waals surface area contributed by atoms with E-state index in [2.05, 4.69) is 59.0 Å².